The molecule has 0 atom stereocenters. The largest absolute Gasteiger partial charge is 0.478 e. The van der Waals surface area contributed by atoms with Crippen LogP contribution in [-0.2, 0) is 9.59 Å². The highest BCUT2D eigenvalue weighted by Gasteiger charge is 2.14. The Morgan fingerprint density at radius 1 is 1.14 bits per heavy atom. The van der Waals surface area contributed by atoms with Gasteiger partial charge in [-0.05, 0) is 32.9 Å². The molecule has 0 aliphatic carbocycles. The zero-order valence-electron chi connectivity index (χ0n) is 12.1. The number of para-hydroxylation sites is 1. The van der Waals surface area contributed by atoms with Gasteiger partial charge in [-0.15, -0.1) is 0 Å². The molecule has 0 fully saturated rings. The standard InChI is InChI=1S/C16H16N2O3/c1-9-8-14(12-6-4-5-7-13(12)17-9)18-15(19)10(2)11(3)16(20)21/h4-8H,1-3H3,(H,20,21)(H,17,18,19). The van der Waals surface area contributed by atoms with Crippen LogP contribution >= 0.6 is 0 Å². The molecule has 0 unspecified atom stereocenters. The number of benzene rings is 1. The Hall–Kier alpha value is -2.69. The van der Waals surface area contributed by atoms with Gasteiger partial charge in [0.25, 0.3) is 5.91 Å². The van der Waals surface area contributed by atoms with E-state index in [2.05, 4.69) is 10.3 Å². The smallest absolute Gasteiger partial charge is 0.331 e. The van der Waals surface area contributed by atoms with E-state index in [1.165, 1.54) is 13.8 Å². The van der Waals surface area contributed by atoms with Gasteiger partial charge in [0.05, 0.1) is 11.2 Å². The summed E-state index contributed by atoms with van der Waals surface area (Å²) in [5.41, 5.74) is 2.40. The minimum absolute atomic E-state index is 0.0302. The number of aliphatic carboxylic acids is 1. The first-order valence-electron chi connectivity index (χ1n) is 6.48. The first-order valence-corrected chi connectivity index (χ1v) is 6.48. The number of anilines is 1. The summed E-state index contributed by atoms with van der Waals surface area (Å²) in [6.45, 7) is 4.75. The van der Waals surface area contributed by atoms with Crippen molar-refractivity contribution >= 4 is 28.5 Å². The van der Waals surface area contributed by atoms with Gasteiger partial charge < -0.3 is 10.4 Å². The molecule has 108 valence electrons. The summed E-state index contributed by atoms with van der Waals surface area (Å²) < 4.78 is 0. The second-order valence-electron chi connectivity index (χ2n) is 4.84. The van der Waals surface area contributed by atoms with E-state index >= 15 is 0 Å². The minimum Gasteiger partial charge on any atom is -0.478 e. The third-order valence-electron chi connectivity index (χ3n) is 3.32. The van der Waals surface area contributed by atoms with Gasteiger partial charge in [-0.25, -0.2) is 4.79 Å². The first kappa shape index (κ1) is 14.7. The Bertz CT molecular complexity index is 763. The molecule has 0 aliphatic heterocycles. The Kier molecular flexibility index (Phi) is 4.03. The summed E-state index contributed by atoms with van der Waals surface area (Å²) in [5, 5.41) is 12.5. The quantitative estimate of drug-likeness (QED) is 0.849. The average molecular weight is 284 g/mol. The third-order valence-corrected chi connectivity index (χ3v) is 3.32. The fourth-order valence-electron chi connectivity index (χ4n) is 1.96. The molecule has 0 spiro atoms. The number of fused-ring (bicyclic) bond motifs is 1. The first-order chi connectivity index (χ1) is 9.90. The lowest BCUT2D eigenvalue weighted by molar-refractivity contribution is -0.133. The van der Waals surface area contributed by atoms with E-state index in [4.69, 9.17) is 5.11 Å². The van der Waals surface area contributed by atoms with Gasteiger partial charge in [-0.3, -0.25) is 9.78 Å². The highest BCUT2D eigenvalue weighted by Crippen LogP contribution is 2.23. The molecular formula is C16H16N2O3. The molecular weight excluding hydrogens is 268 g/mol. The van der Waals surface area contributed by atoms with Crippen LogP contribution in [0.2, 0.25) is 0 Å². The average Bonchev–Trinajstić information content (AvgIpc) is 2.45. The third kappa shape index (κ3) is 3.08. The van der Waals surface area contributed by atoms with Crippen LogP contribution in [-0.4, -0.2) is 22.0 Å². The Labute approximate surface area is 122 Å². The Morgan fingerprint density at radius 3 is 2.48 bits per heavy atom. The molecule has 0 saturated heterocycles. The SMILES string of the molecule is CC(C(=O)O)=C(C)C(=O)Nc1cc(C)nc2ccccc12. The molecule has 1 amide bonds. The van der Waals surface area contributed by atoms with Gasteiger partial charge in [0, 0.05) is 22.2 Å². The molecule has 0 bridgehead atoms. The van der Waals surface area contributed by atoms with Crippen molar-refractivity contribution in [1.29, 1.82) is 0 Å². The van der Waals surface area contributed by atoms with Crippen LogP contribution in [0.5, 0.6) is 0 Å². The fraction of sp³-hybridized carbons (Fsp3) is 0.188. The molecule has 1 aromatic heterocycles. The maximum absolute atomic E-state index is 12.2. The van der Waals surface area contributed by atoms with E-state index < -0.39 is 11.9 Å². The number of nitrogens with zero attached hydrogens (tertiary/aromatic N) is 1. The monoisotopic (exact) mass is 284 g/mol. The summed E-state index contributed by atoms with van der Waals surface area (Å²) in [5.74, 6) is -1.52. The summed E-state index contributed by atoms with van der Waals surface area (Å²) in [6, 6.07) is 9.23. The lowest BCUT2D eigenvalue weighted by atomic mass is 10.1. The van der Waals surface area contributed by atoms with Crippen molar-refractivity contribution in [3.8, 4) is 0 Å². The van der Waals surface area contributed by atoms with Gasteiger partial charge in [0.15, 0.2) is 0 Å². The van der Waals surface area contributed by atoms with Gasteiger partial charge in [0.2, 0.25) is 0 Å². The maximum atomic E-state index is 12.2. The molecule has 5 heteroatoms. The predicted molar refractivity (Wildman–Crippen MR) is 81.1 cm³/mol. The lowest BCUT2D eigenvalue weighted by Gasteiger charge is -2.10. The van der Waals surface area contributed by atoms with Gasteiger partial charge >= 0.3 is 5.97 Å². The number of aromatic nitrogens is 1. The van der Waals surface area contributed by atoms with Crippen molar-refractivity contribution in [3.63, 3.8) is 0 Å². The van der Waals surface area contributed by atoms with Crippen LogP contribution in [0, 0.1) is 6.92 Å². The number of hydrogen-bond donors (Lipinski definition) is 2. The number of carbonyl (C=O) groups is 2. The molecule has 1 aromatic carbocycles. The number of carbonyl (C=O) groups excluding carboxylic acids is 1. The van der Waals surface area contributed by atoms with Gasteiger partial charge in [-0.2, -0.15) is 0 Å². The number of hydrogen-bond acceptors (Lipinski definition) is 3. The van der Waals surface area contributed by atoms with E-state index in [1.807, 2.05) is 31.2 Å². The molecule has 1 heterocycles. The second-order valence-corrected chi connectivity index (χ2v) is 4.84. The fourth-order valence-corrected chi connectivity index (χ4v) is 1.96. The molecule has 5 nitrogen and oxygen atoms in total. The predicted octanol–water partition coefficient (Wildman–Crippen LogP) is 2.90. The van der Waals surface area contributed by atoms with Crippen LogP contribution in [0.4, 0.5) is 5.69 Å². The van der Waals surface area contributed by atoms with Gasteiger partial charge in [-0.1, -0.05) is 18.2 Å². The van der Waals surface area contributed by atoms with Crippen LogP contribution < -0.4 is 5.32 Å². The summed E-state index contributed by atoms with van der Waals surface area (Å²) in [7, 11) is 0. The van der Waals surface area contributed by atoms with Crippen molar-refractivity contribution in [3.05, 3.63) is 47.2 Å². The second kappa shape index (κ2) is 5.75. The number of pyridine rings is 1. The Balaban J connectivity index is 2.43. The number of nitrogens with one attached hydrogen (secondary N) is 1. The summed E-state index contributed by atoms with van der Waals surface area (Å²) in [4.78, 5) is 27.5. The molecule has 2 N–H and O–H groups in total. The number of carboxylic acid groups (broad SMARTS) is 1. The van der Waals surface area contributed by atoms with Crippen molar-refractivity contribution in [2.45, 2.75) is 20.8 Å². The van der Waals surface area contributed by atoms with Crippen LogP contribution in [0.3, 0.4) is 0 Å². The van der Waals surface area contributed by atoms with E-state index in [0.29, 0.717) is 5.69 Å². The lowest BCUT2D eigenvalue weighted by Crippen LogP contribution is -2.16. The normalized spacial score (nSPS) is 12.0. The van der Waals surface area contributed by atoms with Gasteiger partial charge in [0.1, 0.15) is 0 Å². The topological polar surface area (TPSA) is 79.3 Å². The van der Waals surface area contributed by atoms with Crippen molar-refractivity contribution in [2.75, 3.05) is 5.32 Å². The summed E-state index contributed by atoms with van der Waals surface area (Å²) >= 11 is 0. The highest BCUT2D eigenvalue weighted by atomic mass is 16.4. The molecule has 0 saturated carbocycles. The zero-order chi connectivity index (χ0) is 15.6. The Morgan fingerprint density at radius 2 is 1.81 bits per heavy atom. The summed E-state index contributed by atoms with van der Waals surface area (Å²) in [6.07, 6.45) is 0. The molecule has 2 aromatic rings. The molecule has 0 radical (unpaired) electrons. The van der Waals surface area contributed by atoms with Crippen molar-refractivity contribution < 1.29 is 14.7 Å². The number of amides is 1. The van der Waals surface area contributed by atoms with Crippen molar-refractivity contribution in [2.24, 2.45) is 0 Å². The maximum Gasteiger partial charge on any atom is 0.331 e. The van der Waals surface area contributed by atoms with E-state index in [-0.39, 0.29) is 11.1 Å². The number of rotatable bonds is 3. The van der Waals surface area contributed by atoms with Crippen molar-refractivity contribution in [1.82, 2.24) is 4.98 Å². The zero-order valence-corrected chi connectivity index (χ0v) is 12.1. The molecule has 2 rings (SSSR count). The molecule has 21 heavy (non-hydrogen) atoms. The number of carboxylic acids is 1. The van der Waals surface area contributed by atoms with Crippen LogP contribution in [0.1, 0.15) is 19.5 Å². The van der Waals surface area contributed by atoms with Crippen LogP contribution in [0.25, 0.3) is 10.9 Å². The van der Waals surface area contributed by atoms with Crippen LogP contribution in [0.15, 0.2) is 41.5 Å². The van der Waals surface area contributed by atoms with E-state index in [0.717, 1.165) is 16.6 Å². The number of aryl methyl sites for hydroxylation is 1. The molecule has 0 aliphatic rings. The van der Waals surface area contributed by atoms with E-state index in [9.17, 15) is 9.59 Å². The van der Waals surface area contributed by atoms with E-state index in [1.54, 1.807) is 6.07 Å². The highest BCUT2D eigenvalue weighted by molar-refractivity contribution is 6.11. The minimum atomic E-state index is -1.10.